The molecule has 25 heavy (non-hydrogen) atoms. The summed E-state index contributed by atoms with van der Waals surface area (Å²) in [5.74, 6) is 1.23. The molecule has 2 aliphatic rings. The van der Waals surface area contributed by atoms with Crippen LogP contribution in [0.2, 0.25) is 0 Å². The van der Waals surface area contributed by atoms with E-state index in [1.165, 1.54) is 30.6 Å². The first-order valence-electron chi connectivity index (χ1n) is 9.30. The second-order valence-corrected chi connectivity index (χ2v) is 7.30. The number of aromatic nitrogens is 4. The lowest BCUT2D eigenvalue weighted by molar-refractivity contribution is 0.130. The number of imidazole rings is 1. The molecule has 5 heteroatoms. The fraction of sp³-hybridized carbons (Fsp3) is 0.450. The lowest BCUT2D eigenvalue weighted by Crippen LogP contribution is -2.41. The van der Waals surface area contributed by atoms with Gasteiger partial charge in [0.2, 0.25) is 0 Å². The number of benzene rings is 1. The minimum absolute atomic E-state index is 0.822. The highest BCUT2D eigenvalue weighted by atomic mass is 15.2. The van der Waals surface area contributed by atoms with Crippen molar-refractivity contribution >= 4 is 11.0 Å². The number of nitrogens with zero attached hydrogens (tertiary/aromatic N) is 5. The highest BCUT2D eigenvalue weighted by Gasteiger charge is 2.27. The Labute approximate surface area is 147 Å². The molecule has 0 spiro atoms. The van der Waals surface area contributed by atoms with Crippen molar-refractivity contribution in [3.8, 4) is 11.3 Å². The van der Waals surface area contributed by atoms with Gasteiger partial charge in [0.1, 0.15) is 5.82 Å². The summed E-state index contributed by atoms with van der Waals surface area (Å²) in [6.07, 6.45) is 8.86. The predicted molar refractivity (Wildman–Crippen MR) is 98.4 cm³/mol. The van der Waals surface area contributed by atoms with Gasteiger partial charge in [-0.1, -0.05) is 12.5 Å². The number of fused-ring (bicyclic) bond motifs is 3. The molecule has 1 saturated carbocycles. The lowest BCUT2D eigenvalue weighted by atomic mass is 9.91. The van der Waals surface area contributed by atoms with Gasteiger partial charge in [0.25, 0.3) is 0 Å². The van der Waals surface area contributed by atoms with Gasteiger partial charge in [-0.3, -0.25) is 14.9 Å². The van der Waals surface area contributed by atoms with E-state index in [0.29, 0.717) is 0 Å². The van der Waals surface area contributed by atoms with E-state index in [1.807, 2.05) is 19.3 Å². The van der Waals surface area contributed by atoms with E-state index in [2.05, 4.69) is 37.6 Å². The molecular formula is C20H23N5. The van der Waals surface area contributed by atoms with Gasteiger partial charge in [0.15, 0.2) is 0 Å². The summed E-state index contributed by atoms with van der Waals surface area (Å²) in [7, 11) is 0. The van der Waals surface area contributed by atoms with Crippen LogP contribution in [0.4, 0.5) is 0 Å². The molecule has 1 fully saturated rings. The van der Waals surface area contributed by atoms with Crippen LogP contribution in [-0.2, 0) is 13.0 Å². The molecule has 5 rings (SSSR count). The summed E-state index contributed by atoms with van der Waals surface area (Å²) >= 11 is 0. The first kappa shape index (κ1) is 15.0. The normalized spacial score (nSPS) is 18.8. The maximum absolute atomic E-state index is 4.94. The van der Waals surface area contributed by atoms with Crippen molar-refractivity contribution in [1.29, 1.82) is 0 Å². The summed E-state index contributed by atoms with van der Waals surface area (Å²) < 4.78 is 2.42. The fourth-order valence-electron chi connectivity index (χ4n) is 4.02. The molecule has 1 aliphatic heterocycles. The first-order valence-corrected chi connectivity index (χ1v) is 9.30. The molecule has 0 atom stereocenters. The van der Waals surface area contributed by atoms with Crippen LogP contribution < -0.4 is 0 Å². The Bertz CT molecular complexity index is 908. The van der Waals surface area contributed by atoms with Crippen LogP contribution in [0.1, 0.15) is 30.8 Å². The second kappa shape index (κ2) is 5.92. The quantitative estimate of drug-likeness (QED) is 0.722. The number of hydrogen-bond acceptors (Lipinski definition) is 4. The van der Waals surface area contributed by atoms with Crippen LogP contribution in [0, 0.1) is 6.92 Å². The van der Waals surface area contributed by atoms with Gasteiger partial charge >= 0.3 is 0 Å². The van der Waals surface area contributed by atoms with Crippen molar-refractivity contribution in [3.05, 3.63) is 42.1 Å². The van der Waals surface area contributed by atoms with Gasteiger partial charge < -0.3 is 4.57 Å². The molecule has 0 unspecified atom stereocenters. The van der Waals surface area contributed by atoms with E-state index >= 15 is 0 Å². The standard InChI is InChI=1S/C20H23N5/c1-14-12-22-18(13-21-14)15-5-6-19-17(11-15)23-20-7-8-24(9-10-25(19)20)16-3-2-4-16/h5-6,11-13,16H,2-4,7-10H2,1H3. The lowest BCUT2D eigenvalue weighted by Gasteiger charge is -2.36. The van der Waals surface area contributed by atoms with Crippen LogP contribution in [0.15, 0.2) is 30.6 Å². The van der Waals surface area contributed by atoms with Gasteiger partial charge in [0, 0.05) is 43.9 Å². The zero-order chi connectivity index (χ0) is 16.8. The highest BCUT2D eigenvalue weighted by molar-refractivity contribution is 5.81. The van der Waals surface area contributed by atoms with Crippen LogP contribution in [-0.4, -0.2) is 43.6 Å². The molecular weight excluding hydrogens is 310 g/mol. The summed E-state index contributed by atoms with van der Waals surface area (Å²) in [5.41, 5.74) is 5.26. The van der Waals surface area contributed by atoms with Crippen LogP contribution >= 0.6 is 0 Å². The van der Waals surface area contributed by atoms with E-state index in [9.17, 15) is 0 Å². The summed E-state index contributed by atoms with van der Waals surface area (Å²) in [5, 5.41) is 0. The second-order valence-electron chi connectivity index (χ2n) is 7.30. The number of aryl methyl sites for hydroxylation is 1. The molecule has 0 bridgehead atoms. The van der Waals surface area contributed by atoms with Gasteiger partial charge in [-0.25, -0.2) is 4.98 Å². The minimum atomic E-state index is 0.822. The molecule has 3 heterocycles. The zero-order valence-corrected chi connectivity index (χ0v) is 14.6. The van der Waals surface area contributed by atoms with Gasteiger partial charge in [-0.05, 0) is 31.9 Å². The fourth-order valence-corrected chi connectivity index (χ4v) is 4.02. The average molecular weight is 333 g/mol. The molecule has 0 radical (unpaired) electrons. The van der Waals surface area contributed by atoms with E-state index in [-0.39, 0.29) is 0 Å². The molecule has 1 aromatic carbocycles. The third-order valence-corrected chi connectivity index (χ3v) is 5.73. The third kappa shape index (κ3) is 2.63. The maximum Gasteiger partial charge on any atom is 0.111 e. The number of hydrogen-bond donors (Lipinski definition) is 0. The van der Waals surface area contributed by atoms with Crippen molar-refractivity contribution in [2.75, 3.05) is 13.1 Å². The van der Waals surface area contributed by atoms with Gasteiger partial charge in [-0.2, -0.15) is 0 Å². The van der Waals surface area contributed by atoms with Crippen LogP contribution in [0.3, 0.4) is 0 Å². The Balaban J connectivity index is 1.46. The van der Waals surface area contributed by atoms with E-state index in [4.69, 9.17) is 4.98 Å². The molecule has 5 nitrogen and oxygen atoms in total. The zero-order valence-electron chi connectivity index (χ0n) is 14.6. The Morgan fingerprint density at radius 2 is 1.96 bits per heavy atom. The van der Waals surface area contributed by atoms with Crippen molar-refractivity contribution in [1.82, 2.24) is 24.4 Å². The topological polar surface area (TPSA) is 46.8 Å². The minimum Gasteiger partial charge on any atom is -0.327 e. The van der Waals surface area contributed by atoms with Crippen molar-refractivity contribution in [3.63, 3.8) is 0 Å². The van der Waals surface area contributed by atoms with E-state index in [1.54, 1.807) is 0 Å². The number of rotatable bonds is 2. The van der Waals surface area contributed by atoms with Crippen molar-refractivity contribution < 1.29 is 0 Å². The smallest absolute Gasteiger partial charge is 0.111 e. The monoisotopic (exact) mass is 333 g/mol. The van der Waals surface area contributed by atoms with E-state index in [0.717, 1.165) is 54.6 Å². The van der Waals surface area contributed by atoms with E-state index < -0.39 is 0 Å². The summed E-state index contributed by atoms with van der Waals surface area (Å²) in [6.45, 7) is 5.30. The SMILES string of the molecule is Cc1cnc(-c2ccc3c(c2)nc2n3CCN(C3CCC3)CC2)cn1. The van der Waals surface area contributed by atoms with Crippen molar-refractivity contribution in [2.45, 2.75) is 45.2 Å². The molecule has 3 aromatic rings. The molecule has 0 saturated heterocycles. The Hall–Kier alpha value is -2.27. The van der Waals surface area contributed by atoms with Crippen LogP contribution in [0.25, 0.3) is 22.3 Å². The first-order chi connectivity index (χ1) is 12.3. The van der Waals surface area contributed by atoms with Gasteiger partial charge in [-0.15, -0.1) is 0 Å². The average Bonchev–Trinajstić information content (AvgIpc) is 2.80. The Kier molecular flexibility index (Phi) is 3.55. The highest BCUT2D eigenvalue weighted by Crippen LogP contribution is 2.28. The summed E-state index contributed by atoms with van der Waals surface area (Å²) in [6, 6.07) is 7.31. The Morgan fingerprint density at radius 1 is 1.04 bits per heavy atom. The summed E-state index contributed by atoms with van der Waals surface area (Å²) in [4.78, 5) is 16.5. The van der Waals surface area contributed by atoms with Crippen LogP contribution in [0.5, 0.6) is 0 Å². The predicted octanol–water partition coefficient (Wildman–Crippen LogP) is 3.21. The molecule has 0 N–H and O–H groups in total. The Morgan fingerprint density at radius 3 is 2.72 bits per heavy atom. The molecule has 128 valence electrons. The molecule has 2 aromatic heterocycles. The molecule has 1 aliphatic carbocycles. The third-order valence-electron chi connectivity index (χ3n) is 5.73. The van der Waals surface area contributed by atoms with Crippen molar-refractivity contribution in [2.24, 2.45) is 0 Å². The maximum atomic E-state index is 4.94. The molecule has 0 amide bonds. The van der Waals surface area contributed by atoms with Gasteiger partial charge in [0.05, 0.1) is 28.6 Å². The largest absolute Gasteiger partial charge is 0.327 e.